The first-order valence-electron chi connectivity index (χ1n) is 5.42. The van der Waals surface area contributed by atoms with Gasteiger partial charge in [-0.1, -0.05) is 11.8 Å². The van der Waals surface area contributed by atoms with Gasteiger partial charge in [-0.2, -0.15) is 0 Å². The lowest BCUT2D eigenvalue weighted by Gasteiger charge is -2.35. The molecule has 16 heavy (non-hydrogen) atoms. The number of quaternary nitrogens is 1. The maximum atomic E-state index is 7.10. The molecule has 0 aromatic heterocycles. The lowest BCUT2D eigenvalue weighted by atomic mass is 10.3. The van der Waals surface area contributed by atoms with Crippen LogP contribution in [0, 0.1) is 5.41 Å². The molecule has 3 nitrogen and oxygen atoms in total. The van der Waals surface area contributed by atoms with Gasteiger partial charge in [-0.3, -0.25) is 5.41 Å². The normalized spacial score (nSPS) is 10.2. The third-order valence-electron chi connectivity index (χ3n) is 3.05. The van der Waals surface area contributed by atoms with Gasteiger partial charge in [-0.25, -0.2) is 0 Å². The topological polar surface area (TPSA) is 49.9 Å². The smallest absolute Gasteiger partial charge is 0.151 e. The summed E-state index contributed by atoms with van der Waals surface area (Å²) in [7, 11) is 0. The summed E-state index contributed by atoms with van der Waals surface area (Å²) in [5.74, 6) is 0.981. The molecule has 0 saturated carbocycles. The molecular weight excluding hydrogens is 354 g/mol. The molecule has 3 N–H and O–H groups in total. The first-order valence-corrected chi connectivity index (χ1v) is 6.40. The predicted molar refractivity (Wildman–Crippen MR) is 76.1 cm³/mol. The summed E-state index contributed by atoms with van der Waals surface area (Å²) in [6, 6.07) is 0. The molecule has 0 radical (unpaired) electrons. The van der Waals surface area contributed by atoms with Crippen molar-refractivity contribution in [2.24, 2.45) is 5.73 Å². The summed E-state index contributed by atoms with van der Waals surface area (Å²) >= 11 is 1.45. The van der Waals surface area contributed by atoms with E-state index in [9.17, 15) is 0 Å². The Morgan fingerprint density at radius 3 is 1.94 bits per heavy atom. The van der Waals surface area contributed by atoms with E-state index >= 15 is 0 Å². The van der Waals surface area contributed by atoms with Gasteiger partial charge in [0.2, 0.25) is 0 Å². The van der Waals surface area contributed by atoms with Crippen molar-refractivity contribution in [3.05, 3.63) is 0 Å². The Balaban J connectivity index is -0.000000845. The van der Waals surface area contributed by atoms with Crippen LogP contribution >= 0.6 is 28.7 Å². The van der Waals surface area contributed by atoms with Crippen molar-refractivity contribution in [1.82, 2.24) is 0 Å². The summed E-state index contributed by atoms with van der Waals surface area (Å²) in [4.78, 5) is 0. The summed E-state index contributed by atoms with van der Waals surface area (Å²) < 4.78 is 1.19. The highest BCUT2D eigenvalue weighted by Gasteiger charge is 2.19. The van der Waals surface area contributed by atoms with Crippen LogP contribution in [0.4, 0.5) is 0 Å². The Hall–Kier alpha value is 0.740. The van der Waals surface area contributed by atoms with Crippen LogP contribution in [-0.4, -0.2) is 41.6 Å². The van der Waals surface area contributed by atoms with E-state index < -0.39 is 0 Å². The Kier molecular flexibility index (Phi) is 16.8. The maximum Gasteiger partial charge on any atom is 0.151 e. The highest BCUT2D eigenvalue weighted by Crippen LogP contribution is 2.09. The van der Waals surface area contributed by atoms with Gasteiger partial charge >= 0.3 is 0 Å². The van der Waals surface area contributed by atoms with Gasteiger partial charge in [0, 0.05) is 12.2 Å². The number of amidine groups is 1. The number of nitrogens with one attached hydrogen (secondary N) is 1. The molecule has 0 saturated heterocycles. The lowest BCUT2D eigenvalue weighted by Crippen LogP contribution is -3.00. The summed E-state index contributed by atoms with van der Waals surface area (Å²) in [5.41, 5.74) is 5.28. The highest BCUT2D eigenvalue weighted by atomic mass is 79.9. The number of rotatable bonds is 7. The molecule has 0 spiro atoms. The maximum absolute atomic E-state index is 7.10. The van der Waals surface area contributed by atoms with Gasteiger partial charge in [0.1, 0.15) is 0 Å². The Labute approximate surface area is 125 Å². The fourth-order valence-corrected chi connectivity index (χ4v) is 2.22. The Morgan fingerprint density at radius 2 is 1.62 bits per heavy atom. The number of hydrogen-bond donors (Lipinski definition) is 2. The minimum absolute atomic E-state index is 0. The summed E-state index contributed by atoms with van der Waals surface area (Å²) in [6.07, 6.45) is 1.15. The molecular formula is C10H25Br2N3S. The van der Waals surface area contributed by atoms with Gasteiger partial charge in [0.25, 0.3) is 0 Å². The average Bonchev–Trinajstić information content (AvgIpc) is 2.19. The minimum atomic E-state index is 0. The van der Waals surface area contributed by atoms with Gasteiger partial charge in [0.05, 0.1) is 26.2 Å². The van der Waals surface area contributed by atoms with Crippen LogP contribution in [0.2, 0.25) is 0 Å². The van der Waals surface area contributed by atoms with Crippen LogP contribution in [0.1, 0.15) is 27.2 Å². The third kappa shape index (κ3) is 8.84. The quantitative estimate of drug-likeness (QED) is 0.270. The highest BCUT2D eigenvalue weighted by molar-refractivity contribution is 8.93. The number of thioether (sulfide) groups is 1. The van der Waals surface area contributed by atoms with E-state index in [-0.39, 0.29) is 39.1 Å². The van der Waals surface area contributed by atoms with E-state index in [1.807, 2.05) is 0 Å². The van der Waals surface area contributed by atoms with Gasteiger partial charge in [0.15, 0.2) is 5.17 Å². The number of hydrogen-bond acceptors (Lipinski definition) is 2. The van der Waals surface area contributed by atoms with Crippen LogP contribution in [0.5, 0.6) is 0 Å². The second kappa shape index (κ2) is 12.2. The number of nitrogens with zero attached hydrogens (tertiary/aromatic N) is 1. The van der Waals surface area contributed by atoms with E-state index in [1.165, 1.54) is 42.4 Å². The first-order chi connectivity index (χ1) is 6.60. The van der Waals surface area contributed by atoms with E-state index in [0.29, 0.717) is 0 Å². The van der Waals surface area contributed by atoms with Crippen molar-refractivity contribution in [2.45, 2.75) is 27.2 Å². The zero-order valence-electron chi connectivity index (χ0n) is 10.5. The zero-order chi connectivity index (χ0) is 11.0. The molecule has 0 aromatic rings. The standard InChI is InChI=1S/C10H24N3S.2BrH/c1-4-13(5-2,6-3)8-7-9-14-10(11)12;;/h4-9H2,1-3H3,(H3,11,12);2*1H/q+1;;/p-1. The second-order valence-electron chi connectivity index (χ2n) is 3.58. The predicted octanol–water partition coefficient (Wildman–Crippen LogP) is -0.538. The van der Waals surface area contributed by atoms with Crippen LogP contribution in [0.15, 0.2) is 0 Å². The Bertz CT molecular complexity index is 167. The molecule has 0 rings (SSSR count). The van der Waals surface area contributed by atoms with Crippen molar-refractivity contribution in [1.29, 1.82) is 5.41 Å². The molecule has 0 aromatic carbocycles. The molecule has 0 aliphatic carbocycles. The van der Waals surface area contributed by atoms with Crippen molar-refractivity contribution >= 4 is 33.9 Å². The van der Waals surface area contributed by atoms with Crippen LogP contribution < -0.4 is 22.7 Å². The summed E-state index contributed by atoms with van der Waals surface area (Å²) in [5, 5.41) is 7.34. The summed E-state index contributed by atoms with van der Waals surface area (Å²) in [6.45, 7) is 11.6. The van der Waals surface area contributed by atoms with E-state index in [2.05, 4.69) is 20.8 Å². The Morgan fingerprint density at radius 1 is 1.19 bits per heavy atom. The van der Waals surface area contributed by atoms with Gasteiger partial charge < -0.3 is 27.2 Å². The van der Waals surface area contributed by atoms with Crippen LogP contribution in [-0.2, 0) is 0 Å². The second-order valence-corrected chi connectivity index (χ2v) is 4.72. The van der Waals surface area contributed by atoms with Gasteiger partial charge in [-0.15, -0.1) is 17.0 Å². The molecule has 0 aliphatic rings. The lowest BCUT2D eigenvalue weighted by molar-refractivity contribution is -0.923. The third-order valence-corrected chi connectivity index (χ3v) is 3.85. The fourth-order valence-electron chi connectivity index (χ4n) is 1.73. The van der Waals surface area contributed by atoms with Crippen LogP contribution in [0.25, 0.3) is 0 Å². The molecule has 100 valence electrons. The SMILES string of the molecule is Br.CC[N+](CC)(CC)CCCSC(=N)N.[Br-]. The van der Waals surface area contributed by atoms with Crippen molar-refractivity contribution < 1.29 is 21.5 Å². The molecule has 0 unspecified atom stereocenters. The van der Waals surface area contributed by atoms with Crippen LogP contribution in [0.3, 0.4) is 0 Å². The van der Waals surface area contributed by atoms with E-state index in [4.69, 9.17) is 11.1 Å². The molecule has 0 atom stereocenters. The van der Waals surface area contributed by atoms with Crippen molar-refractivity contribution in [2.75, 3.05) is 31.9 Å². The molecule has 6 heteroatoms. The molecule has 0 aliphatic heterocycles. The molecule has 0 bridgehead atoms. The fraction of sp³-hybridized carbons (Fsp3) is 0.900. The largest absolute Gasteiger partial charge is 1.00 e. The number of nitrogens with two attached hydrogens (primary N) is 1. The minimum Gasteiger partial charge on any atom is -1.00 e. The van der Waals surface area contributed by atoms with E-state index in [0.717, 1.165) is 12.2 Å². The number of halogens is 2. The van der Waals surface area contributed by atoms with Crippen molar-refractivity contribution in [3.63, 3.8) is 0 Å². The zero-order valence-corrected chi connectivity index (χ0v) is 14.6. The van der Waals surface area contributed by atoms with Gasteiger partial charge in [-0.05, 0) is 20.8 Å². The molecule has 0 fully saturated rings. The van der Waals surface area contributed by atoms with Crippen molar-refractivity contribution in [3.8, 4) is 0 Å². The monoisotopic (exact) mass is 377 g/mol. The molecule has 0 heterocycles. The molecule has 0 amide bonds. The first kappa shape index (κ1) is 22.0. The van der Waals surface area contributed by atoms with E-state index in [1.54, 1.807) is 0 Å². The average molecular weight is 379 g/mol.